The van der Waals surface area contributed by atoms with E-state index in [1.807, 2.05) is 12.1 Å². The predicted octanol–water partition coefficient (Wildman–Crippen LogP) is 1.38. The van der Waals surface area contributed by atoms with E-state index in [0.29, 0.717) is 13.2 Å². The molecule has 0 unspecified atom stereocenters. The summed E-state index contributed by atoms with van der Waals surface area (Å²) >= 11 is 0. The molecule has 0 amide bonds. The standard InChI is InChI=1S/C19H35N5O2/c1-3-20-19(21-8-6-15-25-17-18-7-5-16-26-18)22-9-10-24-13-11-23(4-2)12-14-24/h5,7,16H,3-4,6,8-15,17H2,1-2H3,(H2,20,21,22). The lowest BCUT2D eigenvalue weighted by Gasteiger charge is -2.34. The summed E-state index contributed by atoms with van der Waals surface area (Å²) in [6.45, 7) is 15.0. The van der Waals surface area contributed by atoms with Crippen molar-refractivity contribution >= 4 is 5.96 Å². The molecule has 7 heteroatoms. The summed E-state index contributed by atoms with van der Waals surface area (Å²) in [5.74, 6) is 1.76. The van der Waals surface area contributed by atoms with Crippen molar-refractivity contribution in [2.75, 3.05) is 65.5 Å². The first-order valence-corrected chi connectivity index (χ1v) is 9.88. The third-order valence-electron chi connectivity index (χ3n) is 4.52. The second-order valence-corrected chi connectivity index (χ2v) is 6.45. The fourth-order valence-electron chi connectivity index (χ4n) is 2.93. The van der Waals surface area contributed by atoms with Gasteiger partial charge in [0.05, 0.1) is 6.26 Å². The zero-order valence-corrected chi connectivity index (χ0v) is 16.4. The van der Waals surface area contributed by atoms with Gasteiger partial charge in [-0.2, -0.15) is 0 Å². The summed E-state index contributed by atoms with van der Waals surface area (Å²) in [6.07, 6.45) is 2.57. The van der Waals surface area contributed by atoms with Gasteiger partial charge >= 0.3 is 0 Å². The Bertz CT molecular complexity index is 484. The highest BCUT2D eigenvalue weighted by molar-refractivity contribution is 5.79. The second-order valence-electron chi connectivity index (χ2n) is 6.45. The summed E-state index contributed by atoms with van der Waals surface area (Å²) in [7, 11) is 0. The molecule has 0 bridgehead atoms. The lowest BCUT2D eigenvalue weighted by atomic mass is 10.3. The van der Waals surface area contributed by atoms with Gasteiger partial charge in [-0.05, 0) is 32.0 Å². The number of furan rings is 1. The number of nitrogens with zero attached hydrogens (tertiary/aromatic N) is 3. The first-order chi connectivity index (χ1) is 12.8. The van der Waals surface area contributed by atoms with E-state index in [-0.39, 0.29) is 0 Å². The van der Waals surface area contributed by atoms with Gasteiger partial charge in [-0.1, -0.05) is 6.92 Å². The molecule has 1 aromatic heterocycles. The summed E-state index contributed by atoms with van der Waals surface area (Å²) in [6, 6.07) is 3.80. The fraction of sp³-hybridized carbons (Fsp3) is 0.737. The number of piperazine rings is 1. The van der Waals surface area contributed by atoms with E-state index in [1.54, 1.807) is 6.26 Å². The quantitative estimate of drug-likeness (QED) is 0.351. The highest BCUT2D eigenvalue weighted by Gasteiger charge is 2.14. The topological polar surface area (TPSA) is 65.3 Å². The monoisotopic (exact) mass is 365 g/mol. The molecule has 1 saturated heterocycles. The molecule has 2 N–H and O–H groups in total. The number of guanidine groups is 1. The Morgan fingerprint density at radius 3 is 2.69 bits per heavy atom. The van der Waals surface area contributed by atoms with E-state index in [0.717, 1.165) is 64.0 Å². The number of aliphatic imine (C=N–C) groups is 1. The van der Waals surface area contributed by atoms with Crippen molar-refractivity contribution in [3.63, 3.8) is 0 Å². The van der Waals surface area contributed by atoms with Gasteiger partial charge in [-0.25, -0.2) is 0 Å². The van der Waals surface area contributed by atoms with E-state index >= 15 is 0 Å². The maximum Gasteiger partial charge on any atom is 0.191 e. The molecule has 0 saturated carbocycles. The molecule has 2 rings (SSSR count). The lowest BCUT2D eigenvalue weighted by molar-refractivity contribution is 0.105. The Hall–Kier alpha value is -1.57. The van der Waals surface area contributed by atoms with Crippen LogP contribution in [0, 0.1) is 0 Å². The van der Waals surface area contributed by atoms with Crippen molar-refractivity contribution in [3.05, 3.63) is 24.2 Å². The van der Waals surface area contributed by atoms with Crippen LogP contribution >= 0.6 is 0 Å². The van der Waals surface area contributed by atoms with Gasteiger partial charge < -0.3 is 24.7 Å². The Morgan fingerprint density at radius 1 is 1.19 bits per heavy atom. The maximum atomic E-state index is 5.58. The maximum absolute atomic E-state index is 5.58. The summed E-state index contributed by atoms with van der Waals surface area (Å²) in [4.78, 5) is 9.64. The van der Waals surface area contributed by atoms with Gasteiger partial charge in [0.2, 0.25) is 0 Å². The first-order valence-electron chi connectivity index (χ1n) is 9.88. The lowest BCUT2D eigenvalue weighted by Crippen LogP contribution is -2.49. The van der Waals surface area contributed by atoms with Crippen LogP contribution in [0.25, 0.3) is 0 Å². The van der Waals surface area contributed by atoms with Gasteiger partial charge in [-0.15, -0.1) is 0 Å². The molecule has 1 aliphatic heterocycles. The molecule has 2 heterocycles. The Balaban J connectivity index is 1.55. The number of likely N-dealkylation sites (N-methyl/N-ethyl adjacent to an activating group) is 1. The minimum Gasteiger partial charge on any atom is -0.467 e. The molecule has 0 spiro atoms. The van der Waals surface area contributed by atoms with Crippen LogP contribution in [0.2, 0.25) is 0 Å². The van der Waals surface area contributed by atoms with Crippen LogP contribution in [0.4, 0.5) is 0 Å². The van der Waals surface area contributed by atoms with Crippen LogP contribution in [-0.2, 0) is 11.3 Å². The average molecular weight is 366 g/mol. The van der Waals surface area contributed by atoms with Crippen LogP contribution in [-0.4, -0.2) is 81.3 Å². The van der Waals surface area contributed by atoms with E-state index in [1.165, 1.54) is 13.1 Å². The molecule has 0 radical (unpaired) electrons. The number of rotatable bonds is 11. The Labute approximate surface area is 157 Å². The van der Waals surface area contributed by atoms with Gasteiger partial charge in [-0.3, -0.25) is 9.89 Å². The molecular weight excluding hydrogens is 330 g/mol. The van der Waals surface area contributed by atoms with Crippen molar-refractivity contribution in [1.82, 2.24) is 20.4 Å². The summed E-state index contributed by atoms with van der Waals surface area (Å²) in [5, 5.41) is 6.74. The van der Waals surface area contributed by atoms with Crippen LogP contribution < -0.4 is 10.6 Å². The molecule has 0 aromatic carbocycles. The molecule has 1 aliphatic rings. The zero-order valence-electron chi connectivity index (χ0n) is 16.4. The van der Waals surface area contributed by atoms with Gasteiger partial charge in [0.25, 0.3) is 0 Å². The summed E-state index contributed by atoms with van der Waals surface area (Å²) in [5.41, 5.74) is 0. The number of ether oxygens (including phenoxy) is 1. The SMILES string of the molecule is CCNC(=NCCCOCc1ccco1)NCCN1CCN(CC)CC1. The normalized spacial score (nSPS) is 16.8. The molecule has 0 atom stereocenters. The highest BCUT2D eigenvalue weighted by Crippen LogP contribution is 2.02. The van der Waals surface area contributed by atoms with Crippen molar-refractivity contribution in [2.45, 2.75) is 26.9 Å². The van der Waals surface area contributed by atoms with Gasteiger partial charge in [0.15, 0.2) is 5.96 Å². The number of hydrogen-bond acceptors (Lipinski definition) is 5. The molecular formula is C19H35N5O2. The van der Waals surface area contributed by atoms with E-state index in [9.17, 15) is 0 Å². The first kappa shape index (κ1) is 20.7. The van der Waals surface area contributed by atoms with Gasteiger partial charge in [0, 0.05) is 59.0 Å². The van der Waals surface area contributed by atoms with Crippen LogP contribution in [0.1, 0.15) is 26.0 Å². The van der Waals surface area contributed by atoms with Crippen LogP contribution in [0.5, 0.6) is 0 Å². The third kappa shape index (κ3) is 8.21. The Kier molecular flexibility index (Phi) is 10.2. The van der Waals surface area contributed by atoms with E-state index in [4.69, 9.17) is 9.15 Å². The van der Waals surface area contributed by atoms with Crippen molar-refractivity contribution < 1.29 is 9.15 Å². The van der Waals surface area contributed by atoms with E-state index < -0.39 is 0 Å². The molecule has 7 nitrogen and oxygen atoms in total. The molecule has 26 heavy (non-hydrogen) atoms. The molecule has 148 valence electrons. The average Bonchev–Trinajstić information content (AvgIpc) is 3.18. The third-order valence-corrected chi connectivity index (χ3v) is 4.52. The molecule has 1 fully saturated rings. The minimum atomic E-state index is 0.528. The van der Waals surface area contributed by atoms with Gasteiger partial charge in [0.1, 0.15) is 12.4 Å². The van der Waals surface area contributed by atoms with Crippen molar-refractivity contribution in [3.8, 4) is 0 Å². The second kappa shape index (κ2) is 12.7. The molecule has 1 aromatic rings. The Morgan fingerprint density at radius 2 is 2.00 bits per heavy atom. The predicted molar refractivity (Wildman–Crippen MR) is 106 cm³/mol. The number of nitrogens with one attached hydrogen (secondary N) is 2. The largest absolute Gasteiger partial charge is 0.467 e. The van der Waals surface area contributed by atoms with Crippen LogP contribution in [0.3, 0.4) is 0 Å². The summed E-state index contributed by atoms with van der Waals surface area (Å²) < 4.78 is 10.8. The van der Waals surface area contributed by atoms with Crippen molar-refractivity contribution in [2.24, 2.45) is 4.99 Å². The minimum absolute atomic E-state index is 0.528. The van der Waals surface area contributed by atoms with Crippen molar-refractivity contribution in [1.29, 1.82) is 0 Å². The van der Waals surface area contributed by atoms with E-state index in [2.05, 4.69) is 39.3 Å². The smallest absolute Gasteiger partial charge is 0.191 e. The molecule has 0 aliphatic carbocycles. The van der Waals surface area contributed by atoms with Crippen LogP contribution in [0.15, 0.2) is 27.8 Å². The zero-order chi connectivity index (χ0) is 18.5. The fourth-order valence-corrected chi connectivity index (χ4v) is 2.93. The number of hydrogen-bond donors (Lipinski definition) is 2. The highest BCUT2D eigenvalue weighted by atomic mass is 16.5.